The van der Waals surface area contributed by atoms with Crippen molar-refractivity contribution in [1.29, 1.82) is 0 Å². The molecule has 15 heavy (non-hydrogen) atoms. The van der Waals surface area contributed by atoms with Crippen LogP contribution >= 0.6 is 12.6 Å². The lowest BCUT2D eigenvalue weighted by Gasteiger charge is -2.06. The zero-order valence-electron chi connectivity index (χ0n) is 7.88. The summed E-state index contributed by atoms with van der Waals surface area (Å²) >= 11 is 3.99. The van der Waals surface area contributed by atoms with E-state index in [9.17, 15) is 13.2 Å². The van der Waals surface area contributed by atoms with Gasteiger partial charge in [-0.15, -0.1) is 0 Å². The van der Waals surface area contributed by atoms with Gasteiger partial charge in [0.1, 0.15) is 5.69 Å². The van der Waals surface area contributed by atoms with Crippen LogP contribution in [0.2, 0.25) is 0 Å². The first kappa shape index (κ1) is 12.3. The molecule has 1 N–H and O–H groups in total. The van der Waals surface area contributed by atoms with Crippen LogP contribution in [0.5, 0.6) is 0 Å². The number of alkyl halides is 3. The molecule has 0 saturated heterocycles. The molecule has 1 aromatic rings. The van der Waals surface area contributed by atoms with Gasteiger partial charge in [0.25, 0.3) is 0 Å². The van der Waals surface area contributed by atoms with Gasteiger partial charge in [-0.1, -0.05) is 6.07 Å². The molecule has 1 heterocycles. The van der Waals surface area contributed by atoms with Crippen LogP contribution in [0.1, 0.15) is 11.3 Å². The third-order valence-corrected chi connectivity index (χ3v) is 1.96. The second kappa shape index (κ2) is 5.37. The molecule has 0 amide bonds. The Hall–Kier alpha value is -0.750. The molecule has 6 heteroatoms. The molecule has 1 rings (SSSR count). The van der Waals surface area contributed by atoms with Crippen LogP contribution in [0.15, 0.2) is 18.3 Å². The highest BCUT2D eigenvalue weighted by Gasteiger charge is 2.31. The maximum atomic E-state index is 12.1. The molecule has 1 aromatic heterocycles. The molecule has 0 aromatic carbocycles. The SMILES string of the molecule is FC(F)(F)c1ccc(CNCCS)cn1. The summed E-state index contributed by atoms with van der Waals surface area (Å²) in [5.74, 6) is 0.689. The van der Waals surface area contributed by atoms with Crippen LogP contribution in [0, 0.1) is 0 Å². The Balaban J connectivity index is 2.57. The van der Waals surface area contributed by atoms with E-state index >= 15 is 0 Å². The zero-order chi connectivity index (χ0) is 11.3. The number of hydrogen-bond donors (Lipinski definition) is 2. The number of rotatable bonds is 4. The third kappa shape index (κ3) is 4.09. The van der Waals surface area contributed by atoms with Crippen LogP contribution < -0.4 is 5.32 Å². The predicted molar refractivity (Wildman–Crippen MR) is 54.8 cm³/mol. The van der Waals surface area contributed by atoms with Crippen LogP contribution in [-0.4, -0.2) is 17.3 Å². The second-order valence-electron chi connectivity index (χ2n) is 2.95. The lowest BCUT2D eigenvalue weighted by atomic mass is 10.2. The van der Waals surface area contributed by atoms with E-state index in [1.54, 1.807) is 0 Å². The highest BCUT2D eigenvalue weighted by Crippen LogP contribution is 2.27. The van der Waals surface area contributed by atoms with Gasteiger partial charge < -0.3 is 5.32 Å². The number of nitrogens with one attached hydrogen (secondary N) is 1. The first-order valence-corrected chi connectivity index (χ1v) is 5.01. The number of halogens is 3. The van der Waals surface area contributed by atoms with Crippen LogP contribution in [0.3, 0.4) is 0 Å². The molecule has 0 radical (unpaired) electrons. The molecule has 0 saturated carbocycles. The largest absolute Gasteiger partial charge is 0.433 e. The first-order valence-electron chi connectivity index (χ1n) is 4.37. The molecule has 0 aliphatic carbocycles. The van der Waals surface area contributed by atoms with Gasteiger partial charge in [-0.3, -0.25) is 4.98 Å². The van der Waals surface area contributed by atoms with Gasteiger partial charge in [-0.05, 0) is 11.6 Å². The highest BCUT2D eigenvalue weighted by molar-refractivity contribution is 7.80. The summed E-state index contributed by atoms with van der Waals surface area (Å²) in [6, 6.07) is 2.40. The Morgan fingerprint density at radius 3 is 2.53 bits per heavy atom. The molecule has 84 valence electrons. The van der Waals surface area contributed by atoms with Crippen molar-refractivity contribution >= 4 is 12.6 Å². The van der Waals surface area contributed by atoms with Gasteiger partial charge in [0, 0.05) is 25.0 Å². The molecule has 0 fully saturated rings. The van der Waals surface area contributed by atoms with E-state index in [1.165, 1.54) is 12.3 Å². The van der Waals surface area contributed by atoms with E-state index in [0.717, 1.165) is 11.6 Å². The zero-order valence-corrected chi connectivity index (χ0v) is 8.78. The van der Waals surface area contributed by atoms with Crippen molar-refractivity contribution < 1.29 is 13.2 Å². The van der Waals surface area contributed by atoms with E-state index in [-0.39, 0.29) is 0 Å². The molecule has 0 aliphatic heterocycles. The van der Waals surface area contributed by atoms with Crippen molar-refractivity contribution in [3.8, 4) is 0 Å². The minimum absolute atomic E-state index is 0.506. The summed E-state index contributed by atoms with van der Waals surface area (Å²) in [5.41, 5.74) is -0.134. The summed E-state index contributed by atoms with van der Waals surface area (Å²) in [5, 5.41) is 3.01. The molecule has 0 unspecified atom stereocenters. The predicted octanol–water partition coefficient (Wildman–Crippen LogP) is 2.12. The second-order valence-corrected chi connectivity index (χ2v) is 3.40. The smallest absolute Gasteiger partial charge is 0.312 e. The van der Waals surface area contributed by atoms with Crippen molar-refractivity contribution in [3.05, 3.63) is 29.6 Å². The lowest BCUT2D eigenvalue weighted by Crippen LogP contribution is -2.16. The third-order valence-electron chi connectivity index (χ3n) is 1.73. The fraction of sp³-hybridized carbons (Fsp3) is 0.444. The Labute approximate surface area is 91.3 Å². The first-order chi connectivity index (χ1) is 7.04. The standard InChI is InChI=1S/C9H11F3N2S/c10-9(11,12)8-2-1-7(6-14-8)5-13-3-4-15/h1-2,6,13,15H,3-5H2. The fourth-order valence-corrected chi connectivity index (χ4v) is 1.17. The quantitative estimate of drug-likeness (QED) is 0.618. The maximum Gasteiger partial charge on any atom is 0.433 e. The summed E-state index contributed by atoms with van der Waals surface area (Å²) in [7, 11) is 0. The molecular formula is C9H11F3N2S. The van der Waals surface area contributed by atoms with Gasteiger partial charge in [-0.25, -0.2) is 0 Å². The van der Waals surface area contributed by atoms with E-state index < -0.39 is 11.9 Å². The Kier molecular flexibility index (Phi) is 4.41. The van der Waals surface area contributed by atoms with Gasteiger partial charge >= 0.3 is 6.18 Å². The Morgan fingerprint density at radius 1 is 1.33 bits per heavy atom. The summed E-state index contributed by atoms with van der Waals surface area (Å²) < 4.78 is 36.4. The van der Waals surface area contributed by atoms with E-state index in [4.69, 9.17) is 0 Å². The topological polar surface area (TPSA) is 24.9 Å². The summed E-state index contributed by atoms with van der Waals surface area (Å²) in [4.78, 5) is 3.34. The minimum Gasteiger partial charge on any atom is -0.312 e. The maximum absolute atomic E-state index is 12.1. The van der Waals surface area contributed by atoms with Crippen LogP contribution in [0.4, 0.5) is 13.2 Å². The molecule has 0 spiro atoms. The summed E-state index contributed by atoms with van der Waals surface area (Å²) in [6.45, 7) is 1.22. The molecular weight excluding hydrogens is 225 g/mol. The molecule has 0 aliphatic rings. The van der Waals surface area contributed by atoms with Crippen molar-refractivity contribution in [1.82, 2.24) is 10.3 Å². The monoisotopic (exact) mass is 236 g/mol. The van der Waals surface area contributed by atoms with E-state index in [2.05, 4.69) is 22.9 Å². The number of thiol groups is 1. The summed E-state index contributed by atoms with van der Waals surface area (Å²) in [6.07, 6.45) is -3.13. The van der Waals surface area contributed by atoms with E-state index in [0.29, 0.717) is 18.8 Å². The van der Waals surface area contributed by atoms with Gasteiger partial charge in [0.05, 0.1) is 0 Å². The average Bonchev–Trinajstić information content (AvgIpc) is 2.18. The van der Waals surface area contributed by atoms with Crippen LogP contribution in [-0.2, 0) is 12.7 Å². The molecule has 0 atom stereocenters. The van der Waals surface area contributed by atoms with Crippen molar-refractivity contribution in [2.24, 2.45) is 0 Å². The van der Waals surface area contributed by atoms with Gasteiger partial charge in [0.15, 0.2) is 0 Å². The van der Waals surface area contributed by atoms with Crippen molar-refractivity contribution in [3.63, 3.8) is 0 Å². The number of nitrogens with zero attached hydrogens (tertiary/aromatic N) is 1. The number of aromatic nitrogens is 1. The normalized spacial score (nSPS) is 11.7. The Bertz CT molecular complexity index is 297. The molecule has 2 nitrogen and oxygen atoms in total. The van der Waals surface area contributed by atoms with Crippen LogP contribution in [0.25, 0.3) is 0 Å². The van der Waals surface area contributed by atoms with Gasteiger partial charge in [0.2, 0.25) is 0 Å². The molecule has 0 bridgehead atoms. The number of hydrogen-bond acceptors (Lipinski definition) is 3. The van der Waals surface area contributed by atoms with Crippen molar-refractivity contribution in [2.45, 2.75) is 12.7 Å². The Morgan fingerprint density at radius 2 is 2.07 bits per heavy atom. The van der Waals surface area contributed by atoms with E-state index in [1.807, 2.05) is 0 Å². The average molecular weight is 236 g/mol. The fourth-order valence-electron chi connectivity index (χ4n) is 1.01. The van der Waals surface area contributed by atoms with Crippen molar-refractivity contribution in [2.75, 3.05) is 12.3 Å². The number of pyridine rings is 1. The van der Waals surface area contributed by atoms with Gasteiger partial charge in [-0.2, -0.15) is 25.8 Å². The highest BCUT2D eigenvalue weighted by atomic mass is 32.1. The minimum atomic E-state index is -4.36. The lowest BCUT2D eigenvalue weighted by molar-refractivity contribution is -0.141.